The molecule has 2 rings (SSSR count). The van der Waals surface area contributed by atoms with Crippen LogP contribution in [0.1, 0.15) is 13.3 Å². The normalized spacial score (nSPS) is 19.6. The summed E-state index contributed by atoms with van der Waals surface area (Å²) in [6.45, 7) is 6.68. The van der Waals surface area contributed by atoms with E-state index in [9.17, 15) is 0 Å². The van der Waals surface area contributed by atoms with E-state index in [1.54, 1.807) is 0 Å². The zero-order valence-electron chi connectivity index (χ0n) is 11.5. The molecule has 0 spiro atoms. The second-order valence-electron chi connectivity index (χ2n) is 4.70. The molecule has 7 heteroatoms. The van der Waals surface area contributed by atoms with Crippen LogP contribution in [-0.4, -0.2) is 47.3 Å². The maximum Gasteiger partial charge on any atom is 0.191 e. The second kappa shape index (κ2) is 6.93. The lowest BCUT2D eigenvalue weighted by molar-refractivity contribution is 0.345. The quantitative estimate of drug-likeness (QED) is 0.313. The van der Waals surface area contributed by atoms with E-state index >= 15 is 0 Å². The topological polar surface area (TPSA) is 79.1 Å². The molecular weight excluding hydrogens is 260 g/mol. The Morgan fingerprint density at radius 1 is 1.47 bits per heavy atom. The average Bonchev–Trinajstić information content (AvgIpc) is 2.92. The highest BCUT2D eigenvalue weighted by Gasteiger charge is 2.20. The van der Waals surface area contributed by atoms with Gasteiger partial charge in [-0.2, -0.15) is 0 Å². The molecule has 2 heterocycles. The molecule has 6 nitrogen and oxygen atoms in total. The number of nitrogens with zero attached hydrogens (tertiary/aromatic N) is 3. The number of hydrazine groups is 1. The molecule has 1 aromatic heterocycles. The fraction of sp³-hybridized carbons (Fsp3) is 0.667. The van der Waals surface area contributed by atoms with Crippen LogP contribution in [0.3, 0.4) is 0 Å². The van der Waals surface area contributed by atoms with E-state index < -0.39 is 0 Å². The van der Waals surface area contributed by atoms with E-state index in [-0.39, 0.29) is 0 Å². The number of likely N-dealkylation sites (tertiary alicyclic amines) is 1. The van der Waals surface area contributed by atoms with Crippen LogP contribution in [0.15, 0.2) is 11.2 Å². The smallest absolute Gasteiger partial charge is 0.191 e. The summed E-state index contributed by atoms with van der Waals surface area (Å²) in [5.41, 5.74) is 2.57. The summed E-state index contributed by atoms with van der Waals surface area (Å²) in [6, 6.07) is 1.84. The van der Waals surface area contributed by atoms with Gasteiger partial charge in [-0.15, -0.1) is 0 Å². The van der Waals surface area contributed by atoms with Crippen LogP contribution < -0.4 is 16.6 Å². The van der Waals surface area contributed by atoms with Gasteiger partial charge in [-0.05, 0) is 31.7 Å². The number of nitrogen functional groups attached to an aromatic ring is 1. The van der Waals surface area contributed by atoms with Crippen molar-refractivity contribution in [1.82, 2.24) is 14.9 Å². The van der Waals surface area contributed by atoms with Gasteiger partial charge in [0.25, 0.3) is 0 Å². The first kappa shape index (κ1) is 14.4. The molecule has 4 N–H and O–H groups in total. The van der Waals surface area contributed by atoms with Crippen LogP contribution in [0.2, 0.25) is 0 Å². The van der Waals surface area contributed by atoms with Crippen LogP contribution in [0, 0.1) is 5.92 Å². The summed E-state index contributed by atoms with van der Waals surface area (Å²) >= 11 is 1.51. The molecule has 0 saturated carbocycles. The van der Waals surface area contributed by atoms with Gasteiger partial charge in [-0.1, -0.05) is 18.7 Å². The van der Waals surface area contributed by atoms with Crippen LogP contribution in [0.5, 0.6) is 0 Å². The van der Waals surface area contributed by atoms with E-state index in [0.717, 1.165) is 24.1 Å². The van der Waals surface area contributed by atoms with Crippen LogP contribution in [0.4, 0.5) is 11.6 Å². The van der Waals surface area contributed by atoms with Gasteiger partial charge in [-0.3, -0.25) is 0 Å². The maximum atomic E-state index is 5.41. The number of hydrogen-bond donors (Lipinski definition) is 3. The first-order valence-electron chi connectivity index (χ1n) is 6.61. The third-order valence-corrected chi connectivity index (χ3v) is 3.97. The number of anilines is 2. The minimum atomic E-state index is 0.642. The van der Waals surface area contributed by atoms with E-state index in [4.69, 9.17) is 5.84 Å². The molecule has 0 aliphatic carbocycles. The number of rotatable bonds is 6. The molecule has 0 radical (unpaired) electrons. The van der Waals surface area contributed by atoms with Gasteiger partial charge in [0.2, 0.25) is 0 Å². The van der Waals surface area contributed by atoms with Crippen LogP contribution in [0.25, 0.3) is 0 Å². The molecule has 0 bridgehead atoms. The Kier molecular flexibility index (Phi) is 5.24. The van der Waals surface area contributed by atoms with Crippen molar-refractivity contribution in [1.29, 1.82) is 0 Å². The Labute approximate surface area is 118 Å². The fourth-order valence-corrected chi connectivity index (χ4v) is 2.68. The Morgan fingerprint density at radius 3 is 2.89 bits per heavy atom. The van der Waals surface area contributed by atoms with Crippen molar-refractivity contribution in [2.45, 2.75) is 18.5 Å². The molecule has 19 heavy (non-hydrogen) atoms. The molecule has 1 aromatic rings. The summed E-state index contributed by atoms with van der Waals surface area (Å²) in [4.78, 5) is 11.2. The molecule has 1 fully saturated rings. The van der Waals surface area contributed by atoms with E-state index in [1.165, 1.54) is 31.3 Å². The molecule has 0 amide bonds. The molecule has 1 aliphatic rings. The van der Waals surface area contributed by atoms with Crippen molar-refractivity contribution in [3.8, 4) is 0 Å². The molecule has 1 atom stereocenters. The average molecular weight is 282 g/mol. The Balaban J connectivity index is 1.92. The first-order chi connectivity index (χ1) is 9.25. The Morgan fingerprint density at radius 2 is 2.26 bits per heavy atom. The summed E-state index contributed by atoms with van der Waals surface area (Å²) in [5.74, 6) is 7.59. The predicted molar refractivity (Wildman–Crippen MR) is 80.3 cm³/mol. The highest BCUT2D eigenvalue weighted by atomic mass is 32.2. The number of nitrogens with two attached hydrogens (primary N) is 1. The minimum Gasteiger partial charge on any atom is -0.370 e. The maximum absolute atomic E-state index is 5.41. The molecule has 0 aromatic carbocycles. The zero-order chi connectivity index (χ0) is 13.7. The van der Waals surface area contributed by atoms with Crippen LogP contribution >= 0.6 is 11.8 Å². The fourth-order valence-electron chi connectivity index (χ4n) is 2.30. The third-order valence-electron chi connectivity index (χ3n) is 3.43. The van der Waals surface area contributed by atoms with E-state index in [1.807, 2.05) is 12.3 Å². The van der Waals surface area contributed by atoms with Crippen molar-refractivity contribution in [3.05, 3.63) is 6.07 Å². The number of nitrogens with one attached hydrogen (secondary N) is 2. The Hall–Kier alpha value is -1.05. The van der Waals surface area contributed by atoms with Gasteiger partial charge in [0.1, 0.15) is 11.6 Å². The SMILES string of the molecule is CCN1CCC(CNc2cc(NN)nc(SC)n2)C1. The van der Waals surface area contributed by atoms with Crippen molar-refractivity contribution >= 4 is 23.4 Å². The largest absolute Gasteiger partial charge is 0.370 e. The van der Waals surface area contributed by atoms with Gasteiger partial charge in [0.15, 0.2) is 5.16 Å². The monoisotopic (exact) mass is 282 g/mol. The highest BCUT2D eigenvalue weighted by molar-refractivity contribution is 7.98. The standard InChI is InChI=1S/C12H22N6S/c1-3-18-5-4-9(8-18)7-14-10-6-11(17-13)16-12(15-10)19-2/h6,9H,3-5,7-8,13H2,1-2H3,(H2,14,15,16,17). The number of thioether (sulfide) groups is 1. The van der Waals surface area contributed by atoms with Crippen molar-refractivity contribution in [3.63, 3.8) is 0 Å². The summed E-state index contributed by atoms with van der Waals surface area (Å²) in [6.07, 6.45) is 3.21. The summed E-state index contributed by atoms with van der Waals surface area (Å²) in [5, 5.41) is 4.12. The van der Waals surface area contributed by atoms with Gasteiger partial charge in [0, 0.05) is 19.2 Å². The highest BCUT2D eigenvalue weighted by Crippen LogP contribution is 2.19. The predicted octanol–water partition coefficient (Wildman–Crippen LogP) is 1.24. The number of aromatic nitrogens is 2. The summed E-state index contributed by atoms with van der Waals surface area (Å²) < 4.78 is 0. The zero-order valence-corrected chi connectivity index (χ0v) is 12.3. The second-order valence-corrected chi connectivity index (χ2v) is 5.47. The van der Waals surface area contributed by atoms with Crippen molar-refractivity contribution in [2.24, 2.45) is 11.8 Å². The van der Waals surface area contributed by atoms with E-state index in [0.29, 0.717) is 11.7 Å². The third kappa shape index (κ3) is 3.95. The van der Waals surface area contributed by atoms with Gasteiger partial charge < -0.3 is 15.6 Å². The lowest BCUT2D eigenvalue weighted by atomic mass is 10.1. The Bertz CT molecular complexity index is 391. The molecular formula is C12H22N6S. The van der Waals surface area contributed by atoms with Gasteiger partial charge >= 0.3 is 0 Å². The molecule has 1 unspecified atom stereocenters. The van der Waals surface area contributed by atoms with Gasteiger partial charge in [0.05, 0.1) is 0 Å². The molecule has 1 aliphatic heterocycles. The number of hydrogen-bond acceptors (Lipinski definition) is 7. The summed E-state index contributed by atoms with van der Waals surface area (Å²) in [7, 11) is 0. The molecule has 1 saturated heterocycles. The lowest BCUT2D eigenvalue weighted by Crippen LogP contribution is -2.22. The van der Waals surface area contributed by atoms with Crippen molar-refractivity contribution < 1.29 is 0 Å². The molecule has 106 valence electrons. The van der Waals surface area contributed by atoms with E-state index in [2.05, 4.69) is 32.5 Å². The first-order valence-corrected chi connectivity index (χ1v) is 7.83. The minimum absolute atomic E-state index is 0.642. The van der Waals surface area contributed by atoms with Crippen LogP contribution in [-0.2, 0) is 0 Å². The van der Waals surface area contributed by atoms with Crippen molar-refractivity contribution in [2.75, 3.05) is 43.2 Å². The lowest BCUT2D eigenvalue weighted by Gasteiger charge is -2.14. The van der Waals surface area contributed by atoms with Gasteiger partial charge in [-0.25, -0.2) is 15.8 Å².